The molecule has 0 aliphatic rings. The van der Waals surface area contributed by atoms with Gasteiger partial charge in [-0.15, -0.1) is 0 Å². The van der Waals surface area contributed by atoms with Gasteiger partial charge < -0.3 is 14.0 Å². The van der Waals surface area contributed by atoms with Crippen LogP contribution in [0.3, 0.4) is 0 Å². The van der Waals surface area contributed by atoms with Crippen LogP contribution in [0.25, 0.3) is 76.5 Å². The monoisotopic (exact) mass is 1220 g/mol. The molecule has 17 rings (SSSR count). The summed E-state index contributed by atoms with van der Waals surface area (Å²) in [7, 11) is -5.93. The highest BCUT2D eigenvalue weighted by atomic mass is 28.3. The summed E-state index contributed by atoms with van der Waals surface area (Å²) in [5.41, 5.74) is 10.2. The average molecular weight is 1220 g/mol. The maximum Gasteiger partial charge on any atom is 0.179 e. The Morgan fingerprint density at radius 2 is 0.527 bits per heavy atom. The molecule has 0 radical (unpaired) electrons. The summed E-state index contributed by atoms with van der Waals surface area (Å²) in [6, 6.07) is 137. The average Bonchev–Trinajstić information content (AvgIpc) is 1.72. The summed E-state index contributed by atoms with van der Waals surface area (Å²) in [6.07, 6.45) is 0. The summed E-state index contributed by atoms with van der Waals surface area (Å²) < 4.78 is 4.92. The predicted octanol–water partition coefficient (Wildman–Crippen LogP) is 16.3. The van der Waals surface area contributed by atoms with Gasteiger partial charge >= 0.3 is 0 Å². The fraction of sp³-hybridized carbons (Fsp3) is 0. The van der Waals surface area contributed by atoms with Crippen molar-refractivity contribution in [1.82, 2.24) is 9.13 Å². The predicted molar refractivity (Wildman–Crippen MR) is 397 cm³/mol. The fourth-order valence-corrected chi connectivity index (χ4v) is 24.8. The van der Waals surface area contributed by atoms with Crippen molar-refractivity contribution in [2.45, 2.75) is 0 Å². The van der Waals surface area contributed by atoms with E-state index in [1.54, 1.807) is 0 Å². The molecule has 0 aliphatic heterocycles. The quantitative estimate of drug-likeness (QED) is 0.0852. The summed E-state index contributed by atoms with van der Waals surface area (Å²) in [5.74, 6) is 0. The van der Waals surface area contributed by atoms with E-state index < -0.39 is 16.1 Å². The van der Waals surface area contributed by atoms with Crippen LogP contribution in [-0.4, -0.2) is 25.3 Å². The molecule has 93 heavy (non-hydrogen) atoms. The molecule has 2 aromatic heterocycles. The molecule has 0 saturated heterocycles. The zero-order chi connectivity index (χ0) is 61.9. The Morgan fingerprint density at radius 3 is 0.860 bits per heavy atom. The van der Waals surface area contributed by atoms with Gasteiger partial charge in [-0.05, 0) is 160 Å². The lowest BCUT2D eigenvalue weighted by Gasteiger charge is -2.34. The maximum absolute atomic E-state index is 10.3. The van der Waals surface area contributed by atoms with Crippen LogP contribution in [-0.2, 0) is 0 Å². The Balaban J connectivity index is 0.940. The van der Waals surface area contributed by atoms with Gasteiger partial charge in [0.25, 0.3) is 0 Å². The van der Waals surface area contributed by atoms with E-state index in [0.29, 0.717) is 5.56 Å². The summed E-state index contributed by atoms with van der Waals surface area (Å²) in [4.78, 5) is 2.39. The molecule has 436 valence electrons. The summed E-state index contributed by atoms with van der Waals surface area (Å²) in [6.45, 7) is 0. The molecular weight excluding hydrogens is 1160 g/mol. The van der Waals surface area contributed by atoms with Gasteiger partial charge in [-0.3, -0.25) is 0 Å². The summed E-state index contributed by atoms with van der Waals surface area (Å²) >= 11 is 0. The maximum atomic E-state index is 10.3. The van der Waals surface area contributed by atoms with Crippen molar-refractivity contribution in [3.05, 3.63) is 370 Å². The molecule has 0 spiro atoms. The van der Waals surface area contributed by atoms with Crippen LogP contribution in [0.15, 0.2) is 364 Å². The van der Waals surface area contributed by atoms with Gasteiger partial charge in [0.1, 0.15) is 0 Å². The van der Waals surface area contributed by atoms with Crippen molar-refractivity contribution >= 4 is 140 Å². The largest absolute Gasteiger partial charge is 0.310 e. The Morgan fingerprint density at radius 1 is 0.237 bits per heavy atom. The third-order valence-corrected chi connectivity index (χ3v) is 28.9. The highest BCUT2D eigenvalue weighted by molar-refractivity contribution is 7.20. The first kappa shape index (κ1) is 55.2. The Hall–Kier alpha value is -11.9. The number of nitriles is 1. The number of hydrogen-bond acceptors (Lipinski definition) is 2. The first-order valence-corrected chi connectivity index (χ1v) is 35.9. The standard InChI is InChI=1S/C87H60N4Si2/c88-61-62-39-43-67(44-40-62)89(70-47-51-84-80(57-70)82-59-78(49-53-86(82)90(84)68-45-41-63-23-19-21-25-65(63)55-68)92(72-27-7-1-8-28-72,73-29-9-2-10-30-73)74-31-11-3-12-32-74)71-48-52-85-81(58-71)83-60-79(50-54-87(83)91(85)69-46-42-64-24-20-22-26-66(64)56-69)93(75-33-13-4-14-34-75,76-35-15-5-16-36-76)77-37-17-6-18-38-77/h1-60H. The van der Waals surface area contributed by atoms with E-state index in [9.17, 15) is 5.26 Å². The van der Waals surface area contributed by atoms with Crippen molar-refractivity contribution in [2.24, 2.45) is 0 Å². The van der Waals surface area contributed by atoms with E-state index in [1.165, 1.54) is 73.8 Å². The molecule has 0 amide bonds. The lowest BCUT2D eigenvalue weighted by atomic mass is 10.1. The number of rotatable bonds is 13. The smallest absolute Gasteiger partial charge is 0.179 e. The van der Waals surface area contributed by atoms with Crippen molar-refractivity contribution < 1.29 is 0 Å². The zero-order valence-electron chi connectivity index (χ0n) is 50.9. The van der Waals surface area contributed by atoms with Crippen LogP contribution in [0.4, 0.5) is 17.1 Å². The van der Waals surface area contributed by atoms with Gasteiger partial charge in [-0.25, -0.2) is 0 Å². The van der Waals surface area contributed by atoms with Gasteiger partial charge in [0.15, 0.2) is 16.1 Å². The number of fused-ring (bicyclic) bond motifs is 8. The van der Waals surface area contributed by atoms with Crippen molar-refractivity contribution in [1.29, 1.82) is 5.26 Å². The topological polar surface area (TPSA) is 36.9 Å². The van der Waals surface area contributed by atoms with Gasteiger partial charge in [-0.1, -0.05) is 267 Å². The van der Waals surface area contributed by atoms with Gasteiger partial charge in [0.05, 0.1) is 33.7 Å². The molecule has 0 saturated carbocycles. The van der Waals surface area contributed by atoms with E-state index >= 15 is 0 Å². The lowest BCUT2D eigenvalue weighted by molar-refractivity contribution is 1.18. The molecule has 17 aromatic rings. The molecule has 4 nitrogen and oxygen atoms in total. The fourth-order valence-electron chi connectivity index (χ4n) is 15.2. The lowest BCUT2D eigenvalue weighted by Crippen LogP contribution is -2.74. The highest BCUT2D eigenvalue weighted by Crippen LogP contribution is 2.43. The minimum absolute atomic E-state index is 0.604. The van der Waals surface area contributed by atoms with Gasteiger partial charge in [0, 0.05) is 50.0 Å². The van der Waals surface area contributed by atoms with Crippen molar-refractivity contribution in [3.63, 3.8) is 0 Å². The summed E-state index contributed by atoms with van der Waals surface area (Å²) in [5, 5.41) is 30.2. The Kier molecular flexibility index (Phi) is 13.6. The third-order valence-electron chi connectivity index (χ3n) is 19.4. The first-order chi connectivity index (χ1) is 46.1. The number of aromatic nitrogens is 2. The molecule has 0 aliphatic carbocycles. The van der Waals surface area contributed by atoms with Crippen LogP contribution in [0.2, 0.25) is 0 Å². The minimum Gasteiger partial charge on any atom is -0.310 e. The Bertz CT molecular complexity index is 5170. The zero-order valence-corrected chi connectivity index (χ0v) is 52.9. The minimum atomic E-state index is -2.97. The molecule has 6 heteroatoms. The number of benzene rings is 15. The molecule has 0 N–H and O–H groups in total. The second-order valence-corrected chi connectivity index (χ2v) is 31.9. The first-order valence-electron chi connectivity index (χ1n) is 31.9. The molecule has 0 fully saturated rings. The molecule has 0 atom stereocenters. The molecular formula is C87H60N4Si2. The second kappa shape index (κ2) is 22.9. The van der Waals surface area contributed by atoms with Crippen LogP contribution in [0.1, 0.15) is 5.56 Å². The van der Waals surface area contributed by atoms with Crippen molar-refractivity contribution in [3.8, 4) is 17.4 Å². The van der Waals surface area contributed by atoms with Crippen LogP contribution in [0, 0.1) is 11.3 Å². The Labute approximate surface area is 542 Å². The van der Waals surface area contributed by atoms with Crippen LogP contribution in [0.5, 0.6) is 0 Å². The number of anilines is 3. The molecule has 2 heterocycles. The van der Waals surface area contributed by atoms with Crippen molar-refractivity contribution in [2.75, 3.05) is 4.90 Å². The van der Waals surface area contributed by atoms with Gasteiger partial charge in [-0.2, -0.15) is 5.26 Å². The van der Waals surface area contributed by atoms with E-state index in [4.69, 9.17) is 0 Å². The second-order valence-electron chi connectivity index (χ2n) is 24.3. The molecule has 15 aromatic carbocycles. The SMILES string of the molecule is N#Cc1ccc(N(c2ccc3c(c2)c2cc([Si](c4ccccc4)(c4ccccc4)c4ccccc4)ccc2n3-c2ccc3ccccc3c2)c2ccc3c(c2)c2cc([Si](c4ccccc4)(c4ccccc4)c4ccccc4)ccc2n3-c2ccc3ccccc3c2)cc1. The third kappa shape index (κ3) is 9.08. The van der Waals surface area contributed by atoms with Gasteiger partial charge in [0.2, 0.25) is 0 Å². The van der Waals surface area contributed by atoms with E-state index in [-0.39, 0.29) is 0 Å². The van der Waals surface area contributed by atoms with Crippen LogP contribution < -0.4 is 46.4 Å². The van der Waals surface area contributed by atoms with E-state index in [1.807, 2.05) is 12.1 Å². The molecule has 0 bridgehead atoms. The van der Waals surface area contributed by atoms with E-state index in [0.717, 1.165) is 61.3 Å². The highest BCUT2D eigenvalue weighted by Gasteiger charge is 2.43. The van der Waals surface area contributed by atoms with E-state index in [2.05, 4.69) is 372 Å². The van der Waals surface area contributed by atoms with Crippen LogP contribution >= 0.6 is 0 Å². The number of hydrogen-bond donors (Lipinski definition) is 0. The normalized spacial score (nSPS) is 11.9. The number of nitrogens with zero attached hydrogens (tertiary/aromatic N) is 4. The molecule has 0 unspecified atom stereocenters.